The molecular weight excluding hydrogens is 368 g/mol. The van der Waals surface area contributed by atoms with Crippen LogP contribution >= 0.6 is 0 Å². The van der Waals surface area contributed by atoms with Gasteiger partial charge in [0.05, 0.1) is 10.5 Å². The third kappa shape index (κ3) is 4.50. The first-order chi connectivity index (χ1) is 12.9. The number of carbonyl (C=O) groups is 2. The number of hydrogen-bond donors (Lipinski definition) is 0. The zero-order valence-electron chi connectivity index (χ0n) is 15.6. The number of nitrogens with zero attached hydrogens (tertiary/aromatic N) is 2. The lowest BCUT2D eigenvalue weighted by atomic mass is 10.1. The standard InChI is InChI=1S/C19H26N2O5S/c1-15-7-8-16(27(24,25)21-11-3-2-4-12-21)13-17(15)19(23)26-14-18(22)20-9-5-6-10-20/h7-8,13H,2-6,9-12,14H2,1H3. The monoisotopic (exact) mass is 394 g/mol. The maximum absolute atomic E-state index is 12.8. The molecule has 0 spiro atoms. The molecule has 148 valence electrons. The number of carbonyl (C=O) groups excluding carboxylic acids is 2. The van der Waals surface area contributed by atoms with Gasteiger partial charge in [-0.2, -0.15) is 4.31 Å². The molecule has 0 N–H and O–H groups in total. The summed E-state index contributed by atoms with van der Waals surface area (Å²) in [5.41, 5.74) is 0.800. The minimum atomic E-state index is -3.63. The van der Waals surface area contributed by atoms with Crippen molar-refractivity contribution in [3.63, 3.8) is 0 Å². The van der Waals surface area contributed by atoms with Crippen molar-refractivity contribution in [3.05, 3.63) is 29.3 Å². The van der Waals surface area contributed by atoms with Gasteiger partial charge in [0, 0.05) is 26.2 Å². The van der Waals surface area contributed by atoms with Crippen LogP contribution in [0.3, 0.4) is 0 Å². The fourth-order valence-electron chi connectivity index (χ4n) is 3.50. The number of rotatable bonds is 5. The van der Waals surface area contributed by atoms with Crippen molar-refractivity contribution in [3.8, 4) is 0 Å². The van der Waals surface area contributed by atoms with Crippen LogP contribution in [-0.2, 0) is 19.6 Å². The largest absolute Gasteiger partial charge is 0.452 e. The van der Waals surface area contributed by atoms with E-state index in [1.165, 1.54) is 16.4 Å². The third-order valence-corrected chi connectivity index (χ3v) is 7.06. The molecule has 0 unspecified atom stereocenters. The fourth-order valence-corrected chi connectivity index (χ4v) is 5.04. The van der Waals surface area contributed by atoms with E-state index in [0.29, 0.717) is 31.7 Å². The van der Waals surface area contributed by atoms with Crippen LogP contribution < -0.4 is 0 Å². The smallest absolute Gasteiger partial charge is 0.338 e. The van der Waals surface area contributed by atoms with Crippen molar-refractivity contribution in [2.75, 3.05) is 32.8 Å². The number of hydrogen-bond acceptors (Lipinski definition) is 5. The molecule has 27 heavy (non-hydrogen) atoms. The van der Waals surface area contributed by atoms with Crippen LogP contribution in [0.5, 0.6) is 0 Å². The second-order valence-corrected chi connectivity index (χ2v) is 9.04. The molecule has 1 aromatic carbocycles. The van der Waals surface area contributed by atoms with Gasteiger partial charge in [-0.05, 0) is 50.3 Å². The number of piperidine rings is 1. The Labute approximate surface area is 160 Å². The first-order valence-electron chi connectivity index (χ1n) is 9.45. The van der Waals surface area contributed by atoms with Crippen molar-refractivity contribution in [1.29, 1.82) is 0 Å². The van der Waals surface area contributed by atoms with E-state index in [1.807, 2.05) is 0 Å². The SMILES string of the molecule is Cc1ccc(S(=O)(=O)N2CCCCC2)cc1C(=O)OCC(=O)N1CCCC1. The van der Waals surface area contributed by atoms with E-state index in [1.54, 1.807) is 17.9 Å². The van der Waals surface area contributed by atoms with Gasteiger partial charge >= 0.3 is 5.97 Å². The van der Waals surface area contributed by atoms with Gasteiger partial charge in [0.15, 0.2) is 6.61 Å². The number of likely N-dealkylation sites (tertiary alicyclic amines) is 1. The van der Waals surface area contributed by atoms with E-state index in [9.17, 15) is 18.0 Å². The minimum Gasteiger partial charge on any atom is -0.452 e. The molecule has 2 aliphatic heterocycles. The first kappa shape index (κ1) is 19.8. The lowest BCUT2D eigenvalue weighted by Gasteiger charge is -2.26. The number of sulfonamides is 1. The normalized spacial score (nSPS) is 18.5. The Kier molecular flexibility index (Phi) is 6.16. The summed E-state index contributed by atoms with van der Waals surface area (Å²) in [4.78, 5) is 26.3. The van der Waals surface area contributed by atoms with E-state index in [0.717, 1.165) is 32.1 Å². The van der Waals surface area contributed by atoms with Gasteiger partial charge in [-0.1, -0.05) is 12.5 Å². The molecule has 8 heteroatoms. The number of amides is 1. The minimum absolute atomic E-state index is 0.0906. The molecule has 0 radical (unpaired) electrons. The van der Waals surface area contributed by atoms with E-state index in [2.05, 4.69) is 0 Å². The Morgan fingerprint density at radius 3 is 2.30 bits per heavy atom. The highest BCUT2D eigenvalue weighted by atomic mass is 32.2. The van der Waals surface area contributed by atoms with Crippen molar-refractivity contribution in [1.82, 2.24) is 9.21 Å². The number of esters is 1. The van der Waals surface area contributed by atoms with Gasteiger partial charge in [0.1, 0.15) is 0 Å². The van der Waals surface area contributed by atoms with Gasteiger partial charge in [-0.25, -0.2) is 13.2 Å². The van der Waals surface area contributed by atoms with Crippen LogP contribution in [0.25, 0.3) is 0 Å². The third-order valence-electron chi connectivity index (χ3n) is 5.17. The number of ether oxygens (including phenoxy) is 1. The van der Waals surface area contributed by atoms with Crippen LogP contribution in [0.2, 0.25) is 0 Å². The van der Waals surface area contributed by atoms with Crippen LogP contribution in [-0.4, -0.2) is 62.3 Å². The quantitative estimate of drug-likeness (QED) is 0.713. The van der Waals surface area contributed by atoms with Crippen LogP contribution in [0.15, 0.2) is 23.1 Å². The van der Waals surface area contributed by atoms with E-state index < -0.39 is 16.0 Å². The highest BCUT2D eigenvalue weighted by Gasteiger charge is 2.27. The Morgan fingerprint density at radius 2 is 1.63 bits per heavy atom. The average molecular weight is 394 g/mol. The summed E-state index contributed by atoms with van der Waals surface area (Å²) in [5, 5.41) is 0. The van der Waals surface area contributed by atoms with Gasteiger partial charge in [-0.15, -0.1) is 0 Å². The van der Waals surface area contributed by atoms with Crippen LogP contribution in [0.4, 0.5) is 0 Å². The van der Waals surface area contributed by atoms with E-state index in [-0.39, 0.29) is 23.0 Å². The molecular formula is C19H26N2O5S. The molecule has 1 aromatic rings. The zero-order valence-corrected chi connectivity index (χ0v) is 16.5. The summed E-state index contributed by atoms with van der Waals surface area (Å²) < 4.78 is 32.3. The van der Waals surface area contributed by atoms with Gasteiger partial charge < -0.3 is 9.64 Å². The highest BCUT2D eigenvalue weighted by Crippen LogP contribution is 2.23. The van der Waals surface area contributed by atoms with Gasteiger partial charge in [-0.3, -0.25) is 4.79 Å². The lowest BCUT2D eigenvalue weighted by Crippen LogP contribution is -2.35. The predicted molar refractivity (Wildman–Crippen MR) is 99.9 cm³/mol. The summed E-state index contributed by atoms with van der Waals surface area (Å²) in [5.74, 6) is -0.883. The van der Waals surface area contributed by atoms with Gasteiger partial charge in [0.2, 0.25) is 10.0 Å². The Hall–Kier alpha value is -1.93. The van der Waals surface area contributed by atoms with Crippen molar-refractivity contribution < 1.29 is 22.7 Å². The van der Waals surface area contributed by atoms with Crippen molar-refractivity contribution >= 4 is 21.9 Å². The second-order valence-electron chi connectivity index (χ2n) is 7.11. The molecule has 0 aliphatic carbocycles. The van der Waals surface area contributed by atoms with E-state index in [4.69, 9.17) is 4.74 Å². The number of aryl methyl sites for hydroxylation is 1. The summed E-state index contributed by atoms with van der Waals surface area (Å²) >= 11 is 0. The highest BCUT2D eigenvalue weighted by molar-refractivity contribution is 7.89. The average Bonchev–Trinajstić information content (AvgIpc) is 3.21. The Balaban J connectivity index is 1.72. The van der Waals surface area contributed by atoms with Crippen molar-refractivity contribution in [2.24, 2.45) is 0 Å². The Morgan fingerprint density at radius 1 is 1.00 bits per heavy atom. The molecule has 0 atom stereocenters. The molecule has 2 fully saturated rings. The van der Waals surface area contributed by atoms with E-state index >= 15 is 0 Å². The summed E-state index contributed by atoms with van der Waals surface area (Å²) in [7, 11) is -3.63. The molecule has 1 amide bonds. The molecule has 7 nitrogen and oxygen atoms in total. The molecule has 3 rings (SSSR count). The maximum atomic E-state index is 12.8. The first-order valence-corrected chi connectivity index (χ1v) is 10.9. The lowest BCUT2D eigenvalue weighted by molar-refractivity contribution is -0.133. The predicted octanol–water partition coefficient (Wildman–Crippen LogP) is 1.95. The molecule has 2 heterocycles. The topological polar surface area (TPSA) is 84.0 Å². The molecule has 2 aliphatic rings. The van der Waals surface area contributed by atoms with Gasteiger partial charge in [0.25, 0.3) is 5.91 Å². The maximum Gasteiger partial charge on any atom is 0.338 e. The summed E-state index contributed by atoms with van der Waals surface area (Å²) in [6, 6.07) is 4.49. The summed E-state index contributed by atoms with van der Waals surface area (Å²) in [6.45, 7) is 3.79. The van der Waals surface area contributed by atoms with Crippen LogP contribution in [0.1, 0.15) is 48.0 Å². The molecule has 0 saturated carbocycles. The molecule has 0 aromatic heterocycles. The van der Waals surface area contributed by atoms with Crippen molar-refractivity contribution in [2.45, 2.75) is 43.9 Å². The number of benzene rings is 1. The Bertz CT molecular complexity index is 809. The molecule has 0 bridgehead atoms. The fraction of sp³-hybridized carbons (Fsp3) is 0.579. The summed E-state index contributed by atoms with van der Waals surface area (Å²) in [6.07, 6.45) is 4.66. The molecule has 2 saturated heterocycles. The zero-order chi connectivity index (χ0) is 19.4. The second kappa shape index (κ2) is 8.39. The van der Waals surface area contributed by atoms with Crippen LogP contribution in [0, 0.1) is 6.92 Å².